The maximum Gasteiger partial charge on any atom is 0.172 e. The fourth-order valence-electron chi connectivity index (χ4n) is 5.61. The van der Waals surface area contributed by atoms with Gasteiger partial charge in [-0.05, 0) is 33.7 Å². The second-order valence-electron chi connectivity index (χ2n) is 9.48. The summed E-state index contributed by atoms with van der Waals surface area (Å²) in [5.41, 5.74) is 2.94. The Morgan fingerprint density at radius 3 is 1.50 bits per heavy atom. The summed E-state index contributed by atoms with van der Waals surface area (Å²) >= 11 is 0. The molecule has 0 N–H and O–H groups in total. The van der Waals surface area contributed by atoms with Gasteiger partial charge in [0.2, 0.25) is 0 Å². The summed E-state index contributed by atoms with van der Waals surface area (Å²) < 4.78 is 15.7. The van der Waals surface area contributed by atoms with Gasteiger partial charge in [0.05, 0.1) is 11.2 Å². The molecule has 0 aliphatic rings. The van der Waals surface area contributed by atoms with Crippen molar-refractivity contribution in [2.45, 2.75) is 0 Å². The van der Waals surface area contributed by atoms with Crippen LogP contribution in [0, 0.1) is 0 Å². The van der Waals surface area contributed by atoms with Crippen LogP contribution in [0.2, 0.25) is 0 Å². The molecule has 0 radical (unpaired) electrons. The van der Waals surface area contributed by atoms with Crippen LogP contribution in [-0.2, 0) is 4.57 Å². The summed E-state index contributed by atoms with van der Waals surface area (Å²) in [6.07, 6.45) is 0. The van der Waals surface area contributed by atoms with E-state index >= 15 is 4.57 Å². The maximum absolute atomic E-state index is 15.7. The SMILES string of the molecule is O=P(c1ccccc1)(c1ccccc1)c1c2ccccc2c(-c2ccc3ccccc3n2)c2ccccc12. The number of hydrogen-bond acceptors (Lipinski definition) is 2. The van der Waals surface area contributed by atoms with E-state index in [1.165, 1.54) is 0 Å². The normalized spacial score (nSPS) is 11.8. The minimum atomic E-state index is -3.24. The number of nitrogens with zero attached hydrogens (tertiary/aromatic N) is 1. The highest BCUT2D eigenvalue weighted by Crippen LogP contribution is 2.48. The van der Waals surface area contributed by atoms with Gasteiger partial charge in [0.25, 0.3) is 0 Å². The van der Waals surface area contributed by atoms with Crippen LogP contribution in [-0.4, -0.2) is 4.98 Å². The molecule has 0 amide bonds. The van der Waals surface area contributed by atoms with Gasteiger partial charge < -0.3 is 4.57 Å². The first kappa shape index (κ1) is 22.7. The van der Waals surface area contributed by atoms with Gasteiger partial charge in [0.15, 0.2) is 7.14 Å². The zero-order valence-electron chi connectivity index (χ0n) is 20.7. The third-order valence-corrected chi connectivity index (χ3v) is 10.5. The average Bonchev–Trinajstić information content (AvgIpc) is 3.00. The van der Waals surface area contributed by atoms with Crippen LogP contribution >= 0.6 is 7.14 Å². The molecule has 6 aromatic carbocycles. The van der Waals surface area contributed by atoms with E-state index in [9.17, 15) is 0 Å². The molecule has 0 saturated heterocycles. The van der Waals surface area contributed by atoms with E-state index in [1.807, 2.05) is 84.9 Å². The van der Waals surface area contributed by atoms with Crippen molar-refractivity contribution in [2.24, 2.45) is 0 Å². The molecule has 1 heterocycles. The maximum atomic E-state index is 15.7. The first-order valence-electron chi connectivity index (χ1n) is 12.8. The fourth-order valence-corrected chi connectivity index (χ4v) is 8.68. The van der Waals surface area contributed by atoms with Gasteiger partial charge in [-0.25, -0.2) is 4.98 Å². The minimum Gasteiger partial charge on any atom is -0.309 e. The molecule has 0 bridgehead atoms. The fraction of sp³-hybridized carbons (Fsp3) is 0. The van der Waals surface area contributed by atoms with Crippen molar-refractivity contribution >= 4 is 55.5 Å². The second kappa shape index (κ2) is 9.10. The third kappa shape index (κ3) is 3.49. The summed E-state index contributed by atoms with van der Waals surface area (Å²) in [4.78, 5) is 5.08. The Morgan fingerprint density at radius 2 is 0.921 bits per heavy atom. The number of pyridine rings is 1. The van der Waals surface area contributed by atoms with E-state index in [-0.39, 0.29) is 0 Å². The van der Waals surface area contributed by atoms with Crippen molar-refractivity contribution in [3.05, 3.63) is 146 Å². The lowest BCUT2D eigenvalue weighted by atomic mass is 9.94. The molecular formula is C35H24NOP. The molecule has 180 valence electrons. The molecule has 0 unspecified atom stereocenters. The lowest BCUT2D eigenvalue weighted by molar-refractivity contribution is 0.593. The summed E-state index contributed by atoms with van der Waals surface area (Å²) in [7, 11) is -3.24. The molecular weight excluding hydrogens is 481 g/mol. The van der Waals surface area contributed by atoms with Crippen molar-refractivity contribution in [1.29, 1.82) is 0 Å². The lowest BCUT2D eigenvalue weighted by Crippen LogP contribution is -2.26. The largest absolute Gasteiger partial charge is 0.309 e. The predicted octanol–water partition coefficient (Wildman–Crippen LogP) is 7.85. The zero-order chi connectivity index (χ0) is 25.5. The van der Waals surface area contributed by atoms with Crippen LogP contribution in [0.1, 0.15) is 0 Å². The van der Waals surface area contributed by atoms with Crippen molar-refractivity contribution in [1.82, 2.24) is 4.98 Å². The zero-order valence-corrected chi connectivity index (χ0v) is 21.6. The standard InChI is InChI=1S/C35H24NOP/c37-38(26-14-3-1-4-15-26,27-16-5-2-6-17-27)35-30-20-10-8-18-28(30)34(29-19-9-11-21-31(29)35)33-24-23-25-13-7-12-22-32(25)36-33/h1-24H. The quantitative estimate of drug-likeness (QED) is 0.180. The topological polar surface area (TPSA) is 30.0 Å². The summed E-state index contributed by atoms with van der Waals surface area (Å²) in [5.74, 6) is 0. The van der Waals surface area contributed by atoms with Gasteiger partial charge in [0.1, 0.15) is 0 Å². The van der Waals surface area contributed by atoms with E-state index in [1.54, 1.807) is 0 Å². The van der Waals surface area contributed by atoms with Crippen molar-refractivity contribution < 1.29 is 4.57 Å². The molecule has 0 spiro atoms. The van der Waals surface area contributed by atoms with Crippen LogP contribution < -0.4 is 15.9 Å². The Morgan fingerprint density at radius 1 is 0.447 bits per heavy atom. The van der Waals surface area contributed by atoms with Crippen molar-refractivity contribution in [2.75, 3.05) is 0 Å². The minimum absolute atomic E-state index is 0.832. The van der Waals surface area contributed by atoms with Gasteiger partial charge in [-0.3, -0.25) is 0 Å². The highest BCUT2D eigenvalue weighted by Gasteiger charge is 2.34. The molecule has 1 aromatic heterocycles. The average molecular weight is 506 g/mol. The van der Waals surface area contributed by atoms with Crippen LogP contribution in [0.4, 0.5) is 0 Å². The molecule has 7 rings (SSSR count). The Balaban J connectivity index is 1.66. The summed E-state index contributed by atoms with van der Waals surface area (Å²) in [6, 6.07) is 49.0. The van der Waals surface area contributed by atoms with Gasteiger partial charge in [-0.2, -0.15) is 0 Å². The number of aromatic nitrogens is 1. The van der Waals surface area contributed by atoms with Crippen LogP contribution in [0.15, 0.2) is 146 Å². The highest BCUT2D eigenvalue weighted by atomic mass is 31.2. The van der Waals surface area contributed by atoms with E-state index < -0.39 is 7.14 Å². The van der Waals surface area contributed by atoms with Crippen molar-refractivity contribution in [3.8, 4) is 11.3 Å². The molecule has 0 aliphatic heterocycles. The Hall–Kier alpha value is -4.52. The third-order valence-electron chi connectivity index (χ3n) is 7.31. The molecule has 3 heteroatoms. The predicted molar refractivity (Wildman–Crippen MR) is 162 cm³/mol. The number of benzene rings is 6. The number of rotatable bonds is 4. The van der Waals surface area contributed by atoms with Crippen LogP contribution in [0.5, 0.6) is 0 Å². The number of para-hydroxylation sites is 1. The molecule has 0 atom stereocenters. The Kier molecular flexibility index (Phi) is 5.43. The first-order valence-corrected chi connectivity index (χ1v) is 14.5. The van der Waals surface area contributed by atoms with Gasteiger partial charge >= 0.3 is 0 Å². The second-order valence-corrected chi connectivity index (χ2v) is 12.2. The van der Waals surface area contributed by atoms with Gasteiger partial charge in [0, 0.05) is 26.9 Å². The van der Waals surface area contributed by atoms with E-state index in [4.69, 9.17) is 4.98 Å². The number of fused-ring (bicyclic) bond motifs is 3. The summed E-state index contributed by atoms with van der Waals surface area (Å²) in [5, 5.41) is 7.74. The monoisotopic (exact) mass is 505 g/mol. The van der Waals surface area contributed by atoms with Gasteiger partial charge in [-0.1, -0.05) is 133 Å². The molecule has 0 aliphatic carbocycles. The molecule has 0 saturated carbocycles. The first-order chi connectivity index (χ1) is 18.7. The summed E-state index contributed by atoms with van der Waals surface area (Å²) in [6.45, 7) is 0. The van der Waals surface area contributed by atoms with E-state index in [0.717, 1.165) is 59.6 Å². The van der Waals surface area contributed by atoms with Crippen LogP contribution in [0.3, 0.4) is 0 Å². The smallest absolute Gasteiger partial charge is 0.172 e. The molecule has 2 nitrogen and oxygen atoms in total. The van der Waals surface area contributed by atoms with E-state index in [0.29, 0.717) is 0 Å². The number of hydrogen-bond donors (Lipinski definition) is 0. The van der Waals surface area contributed by atoms with Crippen molar-refractivity contribution in [3.63, 3.8) is 0 Å². The highest BCUT2D eigenvalue weighted by molar-refractivity contribution is 7.86. The van der Waals surface area contributed by atoms with Gasteiger partial charge in [-0.15, -0.1) is 0 Å². The molecule has 7 aromatic rings. The Bertz CT molecular complexity index is 1900. The van der Waals surface area contributed by atoms with Crippen LogP contribution in [0.25, 0.3) is 43.7 Å². The molecule has 0 fully saturated rings. The Labute approximate surface area is 221 Å². The van der Waals surface area contributed by atoms with E-state index in [2.05, 4.69) is 60.7 Å². The molecule has 38 heavy (non-hydrogen) atoms. The lowest BCUT2D eigenvalue weighted by Gasteiger charge is -2.25.